The van der Waals surface area contributed by atoms with Crippen LogP contribution in [0.15, 0.2) is 55.0 Å². The third kappa shape index (κ3) is 3.93. The normalized spacial score (nSPS) is 17.0. The summed E-state index contributed by atoms with van der Waals surface area (Å²) >= 11 is 0. The molecule has 0 aliphatic heterocycles. The first-order valence-electron chi connectivity index (χ1n) is 9.43. The van der Waals surface area contributed by atoms with Crippen molar-refractivity contribution in [3.8, 4) is 0 Å². The van der Waals surface area contributed by atoms with Gasteiger partial charge in [-0.25, -0.2) is 0 Å². The van der Waals surface area contributed by atoms with Crippen LogP contribution in [0.25, 0.3) is 16.5 Å². The van der Waals surface area contributed by atoms with Gasteiger partial charge in [-0.15, -0.1) is 0 Å². The Morgan fingerprint density at radius 1 is 1.33 bits per heavy atom. The van der Waals surface area contributed by atoms with E-state index in [2.05, 4.69) is 27.4 Å². The van der Waals surface area contributed by atoms with Crippen LogP contribution in [0.1, 0.15) is 40.7 Å². The molecule has 2 heterocycles. The molecule has 0 fully saturated rings. The molecule has 1 unspecified atom stereocenters. The van der Waals surface area contributed by atoms with E-state index < -0.39 is 0 Å². The molecule has 1 aliphatic rings. The average Bonchev–Trinajstić information content (AvgIpc) is 3.12. The van der Waals surface area contributed by atoms with Crippen molar-refractivity contribution >= 4 is 22.4 Å². The van der Waals surface area contributed by atoms with Crippen LogP contribution in [0, 0.1) is 0 Å². The summed E-state index contributed by atoms with van der Waals surface area (Å²) in [7, 11) is 0. The Balaban J connectivity index is 1.41. The fourth-order valence-corrected chi connectivity index (χ4v) is 3.77. The summed E-state index contributed by atoms with van der Waals surface area (Å²) in [6, 6.07) is 10.2. The van der Waals surface area contributed by atoms with Crippen molar-refractivity contribution in [3.63, 3.8) is 0 Å². The number of nitrogens with zero attached hydrogens (tertiary/aromatic N) is 1. The molecule has 1 amide bonds. The van der Waals surface area contributed by atoms with E-state index in [1.807, 2.05) is 36.8 Å². The van der Waals surface area contributed by atoms with Gasteiger partial charge in [0.05, 0.1) is 0 Å². The molecule has 4 N–H and O–H groups in total. The lowest BCUT2D eigenvalue weighted by atomic mass is 9.90. The molecule has 138 valence electrons. The molecular weight excluding hydrogens is 336 g/mol. The van der Waals surface area contributed by atoms with Crippen LogP contribution in [0.4, 0.5) is 0 Å². The van der Waals surface area contributed by atoms with Gasteiger partial charge in [0.2, 0.25) is 5.91 Å². The van der Waals surface area contributed by atoms with Crippen molar-refractivity contribution < 1.29 is 4.79 Å². The number of carbonyl (C=O) groups excluding carboxylic acids is 1. The summed E-state index contributed by atoms with van der Waals surface area (Å²) in [6.45, 7) is 0.967. The minimum Gasteiger partial charge on any atom is -0.366 e. The summed E-state index contributed by atoms with van der Waals surface area (Å²) < 4.78 is 0. The molecular formula is C22H24N4O. The van der Waals surface area contributed by atoms with Crippen LogP contribution in [-0.4, -0.2) is 28.5 Å². The minimum absolute atomic E-state index is 0.389. The van der Waals surface area contributed by atoms with E-state index in [4.69, 9.17) is 5.73 Å². The van der Waals surface area contributed by atoms with Crippen molar-refractivity contribution in [1.29, 1.82) is 0 Å². The number of aromatic nitrogens is 2. The predicted molar refractivity (Wildman–Crippen MR) is 108 cm³/mol. The zero-order valence-electron chi connectivity index (χ0n) is 15.2. The highest BCUT2D eigenvalue weighted by molar-refractivity contribution is 6.00. The number of allylic oxidation sites excluding steroid dienone is 1. The lowest BCUT2D eigenvalue weighted by molar-refractivity contribution is 0.100. The zero-order valence-corrected chi connectivity index (χ0v) is 15.2. The lowest BCUT2D eigenvalue weighted by Crippen LogP contribution is -2.31. The number of hydrogen-bond acceptors (Lipinski definition) is 3. The van der Waals surface area contributed by atoms with Crippen LogP contribution in [-0.2, 0) is 6.42 Å². The molecule has 5 heteroatoms. The minimum atomic E-state index is -0.389. The molecule has 27 heavy (non-hydrogen) atoms. The average molecular weight is 360 g/mol. The van der Waals surface area contributed by atoms with Gasteiger partial charge in [-0.2, -0.15) is 0 Å². The number of nitrogens with one attached hydrogen (secondary N) is 2. The molecule has 4 rings (SSSR count). The Labute approximate surface area is 158 Å². The first-order chi connectivity index (χ1) is 13.2. The second kappa shape index (κ2) is 7.76. The SMILES string of the molecule is NC(=O)c1ccc2[nH]cc(C3=CCC(NCCc4cccnc4)CC3)c2c1. The molecule has 5 nitrogen and oxygen atoms in total. The smallest absolute Gasteiger partial charge is 0.248 e. The maximum absolute atomic E-state index is 11.5. The Bertz CT molecular complexity index is 974. The number of aromatic amines is 1. The molecule has 2 aromatic heterocycles. The second-order valence-corrected chi connectivity index (χ2v) is 7.09. The number of fused-ring (bicyclic) bond motifs is 1. The van der Waals surface area contributed by atoms with Gasteiger partial charge >= 0.3 is 0 Å². The summed E-state index contributed by atoms with van der Waals surface area (Å²) in [5, 5.41) is 4.73. The zero-order chi connectivity index (χ0) is 18.6. The number of primary amides is 1. The van der Waals surface area contributed by atoms with E-state index in [-0.39, 0.29) is 5.91 Å². The summed E-state index contributed by atoms with van der Waals surface area (Å²) in [4.78, 5) is 18.9. The third-order valence-electron chi connectivity index (χ3n) is 5.29. The van der Waals surface area contributed by atoms with Crippen molar-refractivity contribution in [3.05, 3.63) is 71.7 Å². The molecule has 0 radical (unpaired) electrons. The first kappa shape index (κ1) is 17.5. The standard InChI is InChI=1S/C22H24N4O/c23-22(27)17-5-8-21-19(12-17)20(14-26-21)16-3-6-18(7-4-16)25-11-9-15-2-1-10-24-13-15/h1-3,5,8,10,12-14,18,25-26H,4,6-7,9,11H2,(H2,23,27). The summed E-state index contributed by atoms with van der Waals surface area (Å²) in [6.07, 6.45) is 12.3. The van der Waals surface area contributed by atoms with Gasteiger partial charge in [0.25, 0.3) is 0 Å². The third-order valence-corrected chi connectivity index (χ3v) is 5.29. The first-order valence-corrected chi connectivity index (χ1v) is 9.43. The Hall–Kier alpha value is -2.92. The van der Waals surface area contributed by atoms with Gasteiger partial charge in [0, 0.05) is 46.7 Å². The van der Waals surface area contributed by atoms with E-state index in [1.165, 1.54) is 16.7 Å². The molecule has 0 saturated heterocycles. The number of pyridine rings is 1. The van der Waals surface area contributed by atoms with Crippen LogP contribution >= 0.6 is 0 Å². The van der Waals surface area contributed by atoms with E-state index in [0.29, 0.717) is 11.6 Å². The fourth-order valence-electron chi connectivity index (χ4n) is 3.77. The Morgan fingerprint density at radius 2 is 2.26 bits per heavy atom. The van der Waals surface area contributed by atoms with Crippen molar-refractivity contribution in [2.45, 2.75) is 31.7 Å². The van der Waals surface area contributed by atoms with E-state index in [1.54, 1.807) is 6.07 Å². The number of benzene rings is 1. The molecule has 3 aromatic rings. The fraction of sp³-hybridized carbons (Fsp3) is 0.273. The van der Waals surface area contributed by atoms with Crippen molar-refractivity contribution in [2.75, 3.05) is 6.54 Å². The van der Waals surface area contributed by atoms with Gasteiger partial charge in [-0.05, 0) is 67.6 Å². The van der Waals surface area contributed by atoms with Crippen LogP contribution in [0.2, 0.25) is 0 Å². The number of nitrogens with two attached hydrogens (primary N) is 1. The molecule has 0 saturated carbocycles. The Morgan fingerprint density at radius 3 is 3.00 bits per heavy atom. The number of hydrogen-bond donors (Lipinski definition) is 3. The monoisotopic (exact) mass is 360 g/mol. The van der Waals surface area contributed by atoms with E-state index >= 15 is 0 Å². The highest BCUT2D eigenvalue weighted by Crippen LogP contribution is 2.32. The molecule has 0 bridgehead atoms. The molecule has 1 aliphatic carbocycles. The molecule has 0 spiro atoms. The van der Waals surface area contributed by atoms with Gasteiger partial charge in [0.15, 0.2) is 0 Å². The van der Waals surface area contributed by atoms with Gasteiger partial charge in [0.1, 0.15) is 0 Å². The number of rotatable bonds is 6. The van der Waals surface area contributed by atoms with E-state index in [0.717, 1.165) is 43.1 Å². The molecule has 1 aromatic carbocycles. The second-order valence-electron chi connectivity index (χ2n) is 7.09. The number of carbonyl (C=O) groups is 1. The predicted octanol–water partition coefficient (Wildman–Crippen LogP) is 3.43. The lowest BCUT2D eigenvalue weighted by Gasteiger charge is -2.23. The van der Waals surface area contributed by atoms with E-state index in [9.17, 15) is 4.79 Å². The quantitative estimate of drug-likeness (QED) is 0.630. The maximum Gasteiger partial charge on any atom is 0.248 e. The highest BCUT2D eigenvalue weighted by atomic mass is 16.1. The maximum atomic E-state index is 11.5. The summed E-state index contributed by atoms with van der Waals surface area (Å²) in [5.41, 5.74) is 10.8. The van der Waals surface area contributed by atoms with Crippen molar-refractivity contribution in [1.82, 2.24) is 15.3 Å². The summed E-state index contributed by atoms with van der Waals surface area (Å²) in [5.74, 6) is -0.389. The Kier molecular flexibility index (Phi) is 5.03. The van der Waals surface area contributed by atoms with Crippen molar-refractivity contribution in [2.24, 2.45) is 5.73 Å². The largest absolute Gasteiger partial charge is 0.366 e. The number of amides is 1. The highest BCUT2D eigenvalue weighted by Gasteiger charge is 2.17. The van der Waals surface area contributed by atoms with Crippen LogP contribution < -0.4 is 11.1 Å². The topological polar surface area (TPSA) is 83.8 Å². The van der Waals surface area contributed by atoms with Gasteiger partial charge < -0.3 is 16.0 Å². The van der Waals surface area contributed by atoms with Gasteiger partial charge in [-0.3, -0.25) is 9.78 Å². The van der Waals surface area contributed by atoms with Crippen LogP contribution in [0.3, 0.4) is 0 Å². The van der Waals surface area contributed by atoms with Gasteiger partial charge in [-0.1, -0.05) is 12.1 Å². The number of H-pyrrole nitrogens is 1. The van der Waals surface area contributed by atoms with Crippen LogP contribution in [0.5, 0.6) is 0 Å². The molecule has 1 atom stereocenters.